The molecule has 0 amide bonds. The molecule has 1 N–H and O–H groups in total. The van der Waals surface area contributed by atoms with E-state index >= 15 is 0 Å². The lowest BCUT2D eigenvalue weighted by Gasteiger charge is -2.12. The Hall–Kier alpha value is -3.86. The first kappa shape index (κ1) is 18.5. The normalized spacial score (nSPS) is 11.2. The van der Waals surface area contributed by atoms with E-state index in [9.17, 15) is 14.0 Å². The van der Waals surface area contributed by atoms with Crippen LogP contribution in [0, 0.1) is 5.82 Å². The average Bonchev–Trinajstić information content (AvgIpc) is 2.74. The summed E-state index contributed by atoms with van der Waals surface area (Å²) >= 11 is 0. The number of allylic oxidation sites excluding steroid dienone is 1. The molecule has 0 radical (unpaired) electrons. The van der Waals surface area contributed by atoms with Gasteiger partial charge >= 0.3 is 0 Å². The fourth-order valence-corrected chi connectivity index (χ4v) is 3.31. The molecule has 0 atom stereocenters. The van der Waals surface area contributed by atoms with Crippen molar-refractivity contribution in [3.63, 3.8) is 0 Å². The highest BCUT2D eigenvalue weighted by Crippen LogP contribution is 2.30. The van der Waals surface area contributed by atoms with Crippen LogP contribution in [0.5, 0.6) is 0 Å². The van der Waals surface area contributed by atoms with Crippen LogP contribution in [0.1, 0.15) is 11.1 Å². The van der Waals surface area contributed by atoms with Crippen LogP contribution in [-0.4, -0.2) is 15.8 Å². The van der Waals surface area contributed by atoms with Gasteiger partial charge in [-0.25, -0.2) is 4.39 Å². The highest BCUT2D eigenvalue weighted by atomic mass is 19.1. The van der Waals surface area contributed by atoms with Crippen molar-refractivity contribution in [2.24, 2.45) is 0 Å². The summed E-state index contributed by atoms with van der Waals surface area (Å²) in [5.41, 5.74) is 2.61. The van der Waals surface area contributed by atoms with E-state index in [1.165, 1.54) is 24.3 Å². The van der Waals surface area contributed by atoms with Gasteiger partial charge < -0.3 is 4.98 Å². The molecule has 4 aromatic rings. The minimum atomic E-state index is -0.407. The zero-order valence-corrected chi connectivity index (χ0v) is 15.4. The van der Waals surface area contributed by atoms with Crippen LogP contribution in [0.4, 0.5) is 4.39 Å². The molecule has 0 bridgehead atoms. The first-order chi connectivity index (χ1) is 14.1. The van der Waals surface area contributed by atoms with Gasteiger partial charge in [0, 0.05) is 40.8 Å². The fourth-order valence-electron chi connectivity index (χ4n) is 3.31. The van der Waals surface area contributed by atoms with Crippen molar-refractivity contribution < 1.29 is 9.18 Å². The Labute approximate surface area is 166 Å². The first-order valence-electron chi connectivity index (χ1n) is 9.12. The Morgan fingerprint density at radius 2 is 1.90 bits per heavy atom. The number of benzene rings is 2. The van der Waals surface area contributed by atoms with Gasteiger partial charge in [-0.1, -0.05) is 36.4 Å². The van der Waals surface area contributed by atoms with E-state index in [0.29, 0.717) is 22.0 Å². The summed E-state index contributed by atoms with van der Waals surface area (Å²) in [5.74, 6) is -0.636. The van der Waals surface area contributed by atoms with Crippen LogP contribution in [0.25, 0.3) is 28.1 Å². The largest absolute Gasteiger partial charge is 0.322 e. The lowest BCUT2D eigenvalue weighted by molar-refractivity contribution is -0.113. The number of H-pyrrole nitrogens is 1. The number of rotatable bonds is 5. The Morgan fingerprint density at radius 1 is 1.07 bits per heavy atom. The summed E-state index contributed by atoms with van der Waals surface area (Å²) in [7, 11) is 0. The van der Waals surface area contributed by atoms with Gasteiger partial charge in [-0.05, 0) is 47.5 Å². The number of aromatic amines is 1. The van der Waals surface area contributed by atoms with Gasteiger partial charge in [0.1, 0.15) is 5.82 Å². The Morgan fingerprint density at radius 3 is 2.66 bits per heavy atom. The van der Waals surface area contributed by atoms with Gasteiger partial charge in [-0.2, -0.15) is 0 Å². The summed E-state index contributed by atoms with van der Waals surface area (Å²) in [5, 5.41) is 0.565. The van der Waals surface area contributed by atoms with E-state index in [1.54, 1.807) is 24.5 Å². The van der Waals surface area contributed by atoms with Gasteiger partial charge in [0.15, 0.2) is 5.78 Å². The van der Waals surface area contributed by atoms with Crippen molar-refractivity contribution >= 4 is 22.8 Å². The van der Waals surface area contributed by atoms with Crippen molar-refractivity contribution in [2.45, 2.75) is 6.42 Å². The molecule has 0 saturated heterocycles. The molecule has 0 aliphatic carbocycles. The quantitative estimate of drug-likeness (QED) is 0.513. The summed E-state index contributed by atoms with van der Waals surface area (Å²) in [6.45, 7) is 0. The van der Waals surface area contributed by atoms with Crippen molar-refractivity contribution in [1.82, 2.24) is 9.97 Å². The molecular weight excluding hydrogens is 367 g/mol. The maximum Gasteiger partial charge on any atom is 0.252 e. The van der Waals surface area contributed by atoms with Crippen molar-refractivity contribution in [1.29, 1.82) is 0 Å². The minimum Gasteiger partial charge on any atom is -0.322 e. The maximum absolute atomic E-state index is 14.0. The second-order valence-corrected chi connectivity index (χ2v) is 6.63. The molecule has 4 rings (SSSR count). The molecule has 2 aromatic heterocycles. The molecule has 0 saturated carbocycles. The molecule has 0 spiro atoms. The van der Waals surface area contributed by atoms with E-state index in [4.69, 9.17) is 0 Å². The molecule has 2 heterocycles. The summed E-state index contributed by atoms with van der Waals surface area (Å²) in [4.78, 5) is 32.1. The number of aromatic nitrogens is 2. The Bertz CT molecular complexity index is 1260. The maximum atomic E-state index is 14.0. The Balaban J connectivity index is 1.81. The second-order valence-electron chi connectivity index (χ2n) is 6.63. The standard InChI is InChI=1S/C24H17FN2O2/c25-18-9-11-22-20(13-18)23(17-6-2-1-3-7-17)21(24(29)27-22)14-19(28)10-8-16-5-4-12-26-15-16/h1-13,15H,14H2,(H,27,29)/b10-8+. The van der Waals surface area contributed by atoms with E-state index in [1.807, 2.05) is 36.4 Å². The fraction of sp³-hybridized carbons (Fsp3) is 0.0417. The number of ketones is 1. The molecule has 0 fully saturated rings. The van der Waals surface area contributed by atoms with Gasteiger partial charge in [-0.3, -0.25) is 14.6 Å². The number of fused-ring (bicyclic) bond motifs is 1. The van der Waals surface area contributed by atoms with Crippen molar-refractivity contribution in [3.05, 3.63) is 106 Å². The van der Waals surface area contributed by atoms with E-state index < -0.39 is 5.82 Å². The lowest BCUT2D eigenvalue weighted by atomic mass is 9.93. The molecule has 29 heavy (non-hydrogen) atoms. The predicted molar refractivity (Wildman–Crippen MR) is 112 cm³/mol. The van der Waals surface area contributed by atoms with Crippen molar-refractivity contribution in [3.8, 4) is 11.1 Å². The van der Waals surface area contributed by atoms with Crippen LogP contribution in [0.15, 0.2) is 83.9 Å². The number of pyridine rings is 2. The topological polar surface area (TPSA) is 62.8 Å². The predicted octanol–water partition coefficient (Wildman–Crippen LogP) is 4.55. The van der Waals surface area contributed by atoms with Gasteiger partial charge in [0.05, 0.1) is 0 Å². The third kappa shape index (κ3) is 4.04. The highest BCUT2D eigenvalue weighted by Gasteiger charge is 2.17. The van der Waals surface area contributed by atoms with Gasteiger partial charge in [0.2, 0.25) is 0 Å². The minimum absolute atomic E-state index is 0.0945. The second kappa shape index (κ2) is 8.02. The number of carbonyl (C=O) groups is 1. The number of hydrogen-bond donors (Lipinski definition) is 1. The number of nitrogens with zero attached hydrogens (tertiary/aromatic N) is 1. The van der Waals surface area contributed by atoms with Crippen LogP contribution in [0.2, 0.25) is 0 Å². The van der Waals surface area contributed by atoms with Crippen LogP contribution >= 0.6 is 0 Å². The number of nitrogens with one attached hydrogen (secondary N) is 1. The van der Waals surface area contributed by atoms with E-state index in [-0.39, 0.29) is 17.8 Å². The van der Waals surface area contributed by atoms with E-state index in [0.717, 1.165) is 11.1 Å². The summed E-state index contributed by atoms with van der Waals surface area (Å²) in [6, 6.07) is 17.1. The molecule has 2 aromatic carbocycles. The lowest BCUT2D eigenvalue weighted by Crippen LogP contribution is -2.17. The monoisotopic (exact) mass is 384 g/mol. The number of hydrogen-bond acceptors (Lipinski definition) is 3. The summed E-state index contributed by atoms with van der Waals surface area (Å²) < 4.78 is 14.0. The SMILES string of the molecule is O=C(/C=C/c1cccnc1)Cc1c(-c2ccccc2)c2cc(F)ccc2[nH]c1=O. The van der Waals surface area contributed by atoms with Crippen LogP contribution in [-0.2, 0) is 11.2 Å². The van der Waals surface area contributed by atoms with Crippen LogP contribution in [0.3, 0.4) is 0 Å². The number of carbonyl (C=O) groups excluding carboxylic acids is 1. The molecule has 4 nitrogen and oxygen atoms in total. The van der Waals surface area contributed by atoms with Crippen molar-refractivity contribution in [2.75, 3.05) is 0 Å². The summed E-state index contributed by atoms with van der Waals surface area (Å²) in [6.07, 6.45) is 6.29. The molecule has 0 aliphatic rings. The highest BCUT2D eigenvalue weighted by molar-refractivity contribution is 6.00. The third-order valence-corrected chi connectivity index (χ3v) is 4.63. The molecule has 5 heteroatoms. The molecular formula is C24H17FN2O2. The zero-order chi connectivity index (χ0) is 20.2. The van der Waals surface area contributed by atoms with Gasteiger partial charge in [-0.15, -0.1) is 0 Å². The zero-order valence-electron chi connectivity index (χ0n) is 15.4. The third-order valence-electron chi connectivity index (χ3n) is 4.63. The smallest absolute Gasteiger partial charge is 0.252 e. The first-order valence-corrected chi connectivity index (χ1v) is 9.12. The number of halogens is 1. The molecule has 0 aliphatic heterocycles. The molecule has 0 unspecified atom stereocenters. The van der Waals surface area contributed by atoms with E-state index in [2.05, 4.69) is 9.97 Å². The molecule has 142 valence electrons. The van der Waals surface area contributed by atoms with Crippen LogP contribution < -0.4 is 5.56 Å². The Kier molecular flexibility index (Phi) is 5.12. The van der Waals surface area contributed by atoms with Gasteiger partial charge in [0.25, 0.3) is 5.56 Å². The average molecular weight is 384 g/mol.